The van der Waals surface area contributed by atoms with E-state index in [1.807, 2.05) is 115 Å². The van der Waals surface area contributed by atoms with Crippen molar-refractivity contribution in [3.63, 3.8) is 0 Å². The summed E-state index contributed by atoms with van der Waals surface area (Å²) in [5.41, 5.74) is 10.2. The maximum absolute atomic E-state index is 6.49. The number of aromatic nitrogens is 7. The van der Waals surface area contributed by atoms with Crippen LogP contribution in [-0.4, -0.2) is 34.5 Å². The lowest BCUT2D eigenvalue weighted by Gasteiger charge is -2.11. The molecule has 4 aromatic heterocycles. The van der Waals surface area contributed by atoms with Crippen LogP contribution in [0.3, 0.4) is 0 Å². The summed E-state index contributed by atoms with van der Waals surface area (Å²) in [6.45, 7) is 0. The Morgan fingerprint density at radius 2 is 0.661 bits per heavy atom. The van der Waals surface area contributed by atoms with Gasteiger partial charge in [-0.05, 0) is 66.7 Å². The van der Waals surface area contributed by atoms with E-state index in [4.69, 9.17) is 34.3 Å². The van der Waals surface area contributed by atoms with E-state index >= 15 is 0 Å². The Kier molecular flexibility index (Phi) is 8.31. The summed E-state index contributed by atoms with van der Waals surface area (Å²) < 4.78 is 8.80. The highest BCUT2D eigenvalue weighted by Gasteiger charge is 2.18. The van der Waals surface area contributed by atoms with Crippen LogP contribution in [0.1, 0.15) is 0 Å². The van der Waals surface area contributed by atoms with E-state index in [2.05, 4.69) is 89.5 Å². The van der Waals surface area contributed by atoms with Crippen molar-refractivity contribution in [2.24, 2.45) is 0 Å². The minimum Gasteiger partial charge on any atom is -0.456 e. The summed E-state index contributed by atoms with van der Waals surface area (Å²) in [6, 6.07) is 67.7. The molecule has 4 heterocycles. The quantitative estimate of drug-likeness (QED) is 0.158. The molecule has 12 aromatic rings. The van der Waals surface area contributed by atoms with Gasteiger partial charge in [0.05, 0.1) is 11.0 Å². The van der Waals surface area contributed by atoms with Gasteiger partial charge in [-0.2, -0.15) is 0 Å². The van der Waals surface area contributed by atoms with Gasteiger partial charge >= 0.3 is 0 Å². The Labute approximate surface area is 355 Å². The van der Waals surface area contributed by atoms with Crippen molar-refractivity contribution in [3.8, 4) is 74.0 Å². The molecule has 0 aliphatic rings. The van der Waals surface area contributed by atoms with Crippen LogP contribution >= 0.6 is 0 Å². The first-order valence-corrected chi connectivity index (χ1v) is 20.4. The second kappa shape index (κ2) is 14.6. The van der Waals surface area contributed by atoms with Gasteiger partial charge in [0.2, 0.25) is 0 Å². The van der Waals surface area contributed by atoms with E-state index in [1.54, 1.807) is 0 Å². The number of fused-ring (bicyclic) bond motifs is 6. The fourth-order valence-electron chi connectivity index (χ4n) is 8.30. The molecule has 290 valence electrons. The lowest BCUT2D eigenvalue weighted by atomic mass is 10.1. The molecule has 0 radical (unpaired) electrons. The van der Waals surface area contributed by atoms with Crippen LogP contribution in [0.5, 0.6) is 0 Å². The molecule has 0 saturated carbocycles. The van der Waals surface area contributed by atoms with Gasteiger partial charge in [0, 0.05) is 60.6 Å². The Balaban J connectivity index is 0.940. The topological polar surface area (TPSA) is 95.4 Å². The van der Waals surface area contributed by atoms with Gasteiger partial charge in [-0.3, -0.25) is 0 Å². The Morgan fingerprint density at radius 3 is 1.16 bits per heavy atom. The number of hydrogen-bond acceptors (Lipinski definition) is 7. The molecule has 0 atom stereocenters. The first-order valence-electron chi connectivity index (χ1n) is 20.4. The van der Waals surface area contributed by atoms with Crippen LogP contribution in [0.15, 0.2) is 205 Å². The third kappa shape index (κ3) is 6.17. The van der Waals surface area contributed by atoms with Crippen molar-refractivity contribution in [2.45, 2.75) is 0 Å². The summed E-state index contributed by atoms with van der Waals surface area (Å²) in [4.78, 5) is 29.9. The summed E-state index contributed by atoms with van der Waals surface area (Å²) in [5.74, 6) is 3.53. The maximum Gasteiger partial charge on any atom is 0.164 e. The number of hydrogen-bond donors (Lipinski definition) is 0. The van der Waals surface area contributed by atoms with Gasteiger partial charge in [-0.25, -0.2) is 29.9 Å². The van der Waals surface area contributed by atoms with Crippen molar-refractivity contribution in [3.05, 3.63) is 200 Å². The summed E-state index contributed by atoms with van der Waals surface area (Å²) >= 11 is 0. The zero-order chi connectivity index (χ0) is 41.0. The van der Waals surface area contributed by atoms with Crippen LogP contribution < -0.4 is 0 Å². The molecule has 0 amide bonds. The van der Waals surface area contributed by atoms with Crippen molar-refractivity contribution < 1.29 is 4.42 Å². The van der Waals surface area contributed by atoms with Crippen molar-refractivity contribution >= 4 is 43.7 Å². The minimum atomic E-state index is 0.565. The number of benzene rings is 8. The highest BCUT2D eigenvalue weighted by Crippen LogP contribution is 2.36. The zero-order valence-electron chi connectivity index (χ0n) is 33.1. The van der Waals surface area contributed by atoms with Crippen molar-refractivity contribution in [1.82, 2.24) is 34.5 Å². The van der Waals surface area contributed by atoms with Gasteiger partial charge in [0.25, 0.3) is 0 Å². The molecule has 0 N–H and O–H groups in total. The SMILES string of the molecule is c1ccc(-c2nc(-c3ccccc3)nc(-c3ccc4c(c3)oc3ccc(-c5nc(-c6ccccc6)nc(-c6ccc(-n7c8ccccc8c8ccccc87)cc6)n5)cc34)n2)cc1. The van der Waals surface area contributed by atoms with Gasteiger partial charge in [0.1, 0.15) is 11.2 Å². The third-order valence-corrected chi connectivity index (χ3v) is 11.3. The molecule has 12 rings (SSSR count). The lowest BCUT2D eigenvalue weighted by molar-refractivity contribution is 0.669. The van der Waals surface area contributed by atoms with Crippen LogP contribution in [-0.2, 0) is 0 Å². The summed E-state index contributed by atoms with van der Waals surface area (Å²) in [7, 11) is 0. The van der Waals surface area contributed by atoms with Crippen LogP contribution in [0.2, 0.25) is 0 Å². The second-order valence-corrected chi connectivity index (χ2v) is 15.2. The van der Waals surface area contributed by atoms with Crippen LogP contribution in [0.4, 0.5) is 0 Å². The van der Waals surface area contributed by atoms with E-state index in [1.165, 1.54) is 10.8 Å². The Morgan fingerprint density at radius 1 is 0.274 bits per heavy atom. The number of furan rings is 1. The molecule has 0 unspecified atom stereocenters. The standard InChI is InChI=1S/C54H33N7O/c1-4-14-34(15-5-1)49-55-50(35-16-6-2-7-17-35)59-54(58-49)39-26-30-43-44-32-38(27-31-47(44)62-48(43)33-39)53-57-51(36-18-8-3-9-19-36)56-52(60-53)37-24-28-40(29-25-37)61-45-22-12-10-20-41(45)42-21-11-13-23-46(42)61/h1-33H. The second-order valence-electron chi connectivity index (χ2n) is 15.2. The molecular weight excluding hydrogens is 763 g/mol. The van der Waals surface area contributed by atoms with E-state index in [-0.39, 0.29) is 0 Å². The highest BCUT2D eigenvalue weighted by atomic mass is 16.3. The largest absolute Gasteiger partial charge is 0.456 e. The third-order valence-electron chi connectivity index (χ3n) is 11.3. The molecular formula is C54H33N7O. The van der Waals surface area contributed by atoms with Crippen LogP contribution in [0.25, 0.3) is 118 Å². The van der Waals surface area contributed by atoms with E-state index in [0.717, 1.165) is 72.0 Å². The van der Waals surface area contributed by atoms with Crippen molar-refractivity contribution in [1.29, 1.82) is 0 Å². The van der Waals surface area contributed by atoms with Gasteiger partial charge in [0.15, 0.2) is 34.9 Å². The van der Waals surface area contributed by atoms with Crippen LogP contribution in [0, 0.1) is 0 Å². The average Bonchev–Trinajstić information content (AvgIpc) is 3.89. The molecule has 8 nitrogen and oxygen atoms in total. The Bertz CT molecular complexity index is 3510. The predicted molar refractivity (Wildman–Crippen MR) is 247 cm³/mol. The lowest BCUT2D eigenvalue weighted by Crippen LogP contribution is -2.00. The van der Waals surface area contributed by atoms with E-state index in [0.29, 0.717) is 34.9 Å². The molecule has 0 aliphatic heterocycles. The molecule has 8 aromatic carbocycles. The van der Waals surface area contributed by atoms with E-state index < -0.39 is 0 Å². The molecule has 62 heavy (non-hydrogen) atoms. The first-order chi connectivity index (χ1) is 30.7. The van der Waals surface area contributed by atoms with Crippen molar-refractivity contribution in [2.75, 3.05) is 0 Å². The number of nitrogens with zero attached hydrogens (tertiary/aromatic N) is 7. The molecule has 0 fully saturated rings. The molecule has 8 heteroatoms. The fourth-order valence-corrected chi connectivity index (χ4v) is 8.30. The summed E-state index contributed by atoms with van der Waals surface area (Å²) in [6.07, 6.45) is 0. The smallest absolute Gasteiger partial charge is 0.164 e. The predicted octanol–water partition coefficient (Wildman–Crippen LogP) is 13.1. The first kappa shape index (κ1) is 35.3. The minimum absolute atomic E-state index is 0.565. The van der Waals surface area contributed by atoms with Gasteiger partial charge < -0.3 is 8.98 Å². The maximum atomic E-state index is 6.49. The molecule has 0 spiro atoms. The summed E-state index contributed by atoms with van der Waals surface area (Å²) in [5, 5.41) is 4.36. The van der Waals surface area contributed by atoms with Gasteiger partial charge in [-0.1, -0.05) is 133 Å². The average molecular weight is 796 g/mol. The normalized spacial score (nSPS) is 11.5. The van der Waals surface area contributed by atoms with Gasteiger partial charge in [-0.15, -0.1) is 0 Å². The highest BCUT2D eigenvalue weighted by molar-refractivity contribution is 6.09. The zero-order valence-corrected chi connectivity index (χ0v) is 33.1. The number of para-hydroxylation sites is 2. The fraction of sp³-hybridized carbons (Fsp3) is 0. The molecule has 0 aliphatic carbocycles. The number of rotatable bonds is 7. The molecule has 0 saturated heterocycles. The van der Waals surface area contributed by atoms with E-state index in [9.17, 15) is 0 Å². The monoisotopic (exact) mass is 795 g/mol. The Hall–Kier alpha value is -8.62. The molecule has 0 bridgehead atoms.